The second-order valence-corrected chi connectivity index (χ2v) is 11.0. The summed E-state index contributed by atoms with van der Waals surface area (Å²) < 4.78 is 1.74. The molecule has 214 valence electrons. The van der Waals surface area contributed by atoms with Gasteiger partial charge in [-0.1, -0.05) is 68.4 Å². The summed E-state index contributed by atoms with van der Waals surface area (Å²) in [5.74, 6) is -0.238. The Hall–Kier alpha value is -2.63. The van der Waals surface area contributed by atoms with Crippen LogP contribution in [0.3, 0.4) is 0 Å². The largest absolute Gasteiger partial charge is 1.00 e. The van der Waals surface area contributed by atoms with Gasteiger partial charge in [0.15, 0.2) is 5.82 Å². The molecule has 1 N–H and O–H groups in total. The van der Waals surface area contributed by atoms with Gasteiger partial charge < -0.3 is 19.9 Å². The fraction of sp³-hybridized carbons (Fsp3) is 0.500. The molecule has 41 heavy (non-hydrogen) atoms. The van der Waals surface area contributed by atoms with Gasteiger partial charge in [-0.05, 0) is 52.3 Å². The molecular weight excluding hydrogens is 531 g/mol. The predicted octanol–water partition coefficient (Wildman–Crippen LogP) is -0.867. The quantitative estimate of drug-likeness (QED) is 0.248. The fourth-order valence-corrected chi connectivity index (χ4v) is 5.37. The molecule has 2 unspecified atom stereocenters. The number of nitrogens with zero attached hydrogens (tertiary/aromatic N) is 6. The molecule has 0 bridgehead atoms. The third-order valence-electron chi connectivity index (χ3n) is 7.31. The molecule has 0 spiro atoms. The number of amides is 1. The zero-order valence-corrected chi connectivity index (χ0v) is 26.4. The van der Waals surface area contributed by atoms with Gasteiger partial charge in [0, 0.05) is 51.5 Å². The van der Waals surface area contributed by atoms with E-state index in [0.29, 0.717) is 44.7 Å². The van der Waals surface area contributed by atoms with E-state index < -0.39 is 18.5 Å². The number of hydrogen-bond acceptors (Lipinski definition) is 8. The minimum Gasteiger partial charge on any atom is -0.550 e. The molecule has 4 rings (SSSR count). The number of aromatic nitrogens is 4. The van der Waals surface area contributed by atoms with Crippen molar-refractivity contribution in [2.45, 2.75) is 77.7 Å². The van der Waals surface area contributed by atoms with Crippen molar-refractivity contribution in [2.75, 3.05) is 13.1 Å². The van der Waals surface area contributed by atoms with Crippen molar-refractivity contribution in [1.82, 2.24) is 30.0 Å². The number of hydrogen-bond donors (Lipinski definition) is 1. The maximum atomic E-state index is 13.0. The molecule has 10 nitrogen and oxygen atoms in total. The van der Waals surface area contributed by atoms with Crippen molar-refractivity contribution < 1.29 is 49.4 Å². The van der Waals surface area contributed by atoms with Gasteiger partial charge >= 0.3 is 29.6 Å². The number of benzene rings is 2. The van der Waals surface area contributed by atoms with Gasteiger partial charge in [0.2, 0.25) is 5.91 Å². The average Bonchev–Trinajstić information content (AvgIpc) is 3.39. The number of carbonyl (C=O) groups is 2. The third kappa shape index (κ3) is 9.72. The first-order chi connectivity index (χ1) is 19.3. The predicted molar refractivity (Wildman–Crippen MR) is 147 cm³/mol. The second-order valence-electron chi connectivity index (χ2n) is 11.0. The Morgan fingerprint density at radius 3 is 2.49 bits per heavy atom. The van der Waals surface area contributed by atoms with E-state index in [1.807, 2.05) is 52.3 Å². The molecule has 1 aliphatic heterocycles. The second kappa shape index (κ2) is 16.1. The Balaban J connectivity index is 0.00000462. The Labute approximate surface area is 264 Å². The van der Waals surface area contributed by atoms with Gasteiger partial charge in [-0.15, -0.1) is 5.10 Å². The third-order valence-corrected chi connectivity index (χ3v) is 7.31. The van der Waals surface area contributed by atoms with E-state index >= 15 is 0 Å². The number of tetrazole rings is 1. The Morgan fingerprint density at radius 1 is 1.07 bits per heavy atom. The van der Waals surface area contributed by atoms with Crippen LogP contribution in [0.2, 0.25) is 0 Å². The maximum Gasteiger partial charge on any atom is 1.00 e. The van der Waals surface area contributed by atoms with Gasteiger partial charge in [0.1, 0.15) is 0 Å². The summed E-state index contributed by atoms with van der Waals surface area (Å²) in [7, 11) is 0. The summed E-state index contributed by atoms with van der Waals surface area (Å²) in [4.78, 5) is 28.1. The zero-order chi connectivity index (χ0) is 28.5. The molecule has 0 saturated heterocycles. The molecule has 0 aliphatic carbocycles. The topological polar surface area (TPSA) is 128 Å². The molecule has 1 aliphatic rings. The molecular formula is C30H39N6NaO4. The van der Waals surface area contributed by atoms with Crippen molar-refractivity contribution >= 4 is 11.9 Å². The van der Waals surface area contributed by atoms with Crippen molar-refractivity contribution in [3.63, 3.8) is 0 Å². The SMILES string of the molecule is CC(C)CC(c1nnnn1CCCC(=O)N1CCc2ccccc2C1)N(Cc1ccccc1)CC(O)CC(=O)[O-].[Na+]. The number of rotatable bonds is 14. The van der Waals surface area contributed by atoms with Crippen LogP contribution in [-0.2, 0) is 35.6 Å². The van der Waals surface area contributed by atoms with Crippen LogP contribution in [0.4, 0.5) is 0 Å². The van der Waals surface area contributed by atoms with Gasteiger partial charge in [-0.25, -0.2) is 4.68 Å². The number of aliphatic carboxylic acids is 1. The first-order valence-electron chi connectivity index (χ1n) is 14.1. The van der Waals surface area contributed by atoms with Gasteiger partial charge in [0.25, 0.3) is 0 Å². The summed E-state index contributed by atoms with van der Waals surface area (Å²) in [6.07, 6.45) is 1.02. The first-order valence-corrected chi connectivity index (χ1v) is 14.1. The molecule has 1 aromatic heterocycles. The Kier molecular flexibility index (Phi) is 12.9. The van der Waals surface area contributed by atoms with Crippen LogP contribution in [-0.4, -0.2) is 66.2 Å². The summed E-state index contributed by atoms with van der Waals surface area (Å²) in [6.45, 7) is 6.68. The molecule has 2 heterocycles. The van der Waals surface area contributed by atoms with E-state index in [4.69, 9.17) is 0 Å². The van der Waals surface area contributed by atoms with Gasteiger partial charge in [0.05, 0.1) is 12.1 Å². The fourth-order valence-electron chi connectivity index (χ4n) is 5.37. The zero-order valence-electron chi connectivity index (χ0n) is 24.4. The normalized spacial score (nSPS) is 14.4. The monoisotopic (exact) mass is 570 g/mol. The van der Waals surface area contributed by atoms with Crippen molar-refractivity contribution in [3.05, 3.63) is 77.1 Å². The Bertz CT molecular complexity index is 1250. The summed E-state index contributed by atoms with van der Waals surface area (Å²) in [6, 6.07) is 17.8. The van der Waals surface area contributed by atoms with Gasteiger partial charge in [-0.2, -0.15) is 0 Å². The molecule has 0 saturated carbocycles. The molecule has 11 heteroatoms. The standard InChI is InChI=1S/C30H40N6O4.Na/c1-22(2)17-27(35(21-26(37)18-29(39)40)19-23-9-4-3-5-10-23)30-31-32-33-36(30)15-8-13-28(38)34-16-14-24-11-6-7-12-25(24)20-34;/h3-7,9-12,22,26-27,37H,8,13-21H2,1-2H3,(H,39,40);/q;+1/p-1. The number of carbonyl (C=O) groups excluding carboxylic acids is 2. The number of aliphatic hydroxyl groups is 1. The van der Waals surface area contributed by atoms with Crippen LogP contribution in [0.1, 0.15) is 68.1 Å². The van der Waals surface area contributed by atoms with Crippen molar-refractivity contribution in [2.24, 2.45) is 5.92 Å². The first kappa shape index (κ1) is 32.9. The van der Waals surface area contributed by atoms with Crippen LogP contribution < -0.4 is 34.7 Å². The summed E-state index contributed by atoms with van der Waals surface area (Å²) in [5.41, 5.74) is 3.55. The van der Waals surface area contributed by atoms with Crippen molar-refractivity contribution in [1.29, 1.82) is 0 Å². The van der Waals surface area contributed by atoms with Crippen molar-refractivity contribution in [3.8, 4) is 0 Å². The average molecular weight is 571 g/mol. The van der Waals surface area contributed by atoms with E-state index in [1.54, 1.807) is 4.68 Å². The van der Waals surface area contributed by atoms with Gasteiger partial charge in [-0.3, -0.25) is 9.69 Å². The van der Waals surface area contributed by atoms with Crippen LogP contribution in [0.25, 0.3) is 0 Å². The van der Waals surface area contributed by atoms with Crippen LogP contribution in [0.5, 0.6) is 0 Å². The number of aryl methyl sites for hydroxylation is 1. The van der Waals surface area contributed by atoms with E-state index in [0.717, 1.165) is 18.5 Å². The van der Waals surface area contributed by atoms with E-state index in [1.165, 1.54) is 11.1 Å². The molecule has 3 aromatic rings. The molecule has 0 fully saturated rings. The molecule has 2 aromatic carbocycles. The van der Waals surface area contributed by atoms with Crippen LogP contribution in [0, 0.1) is 5.92 Å². The maximum absolute atomic E-state index is 13.0. The minimum atomic E-state index is -1.29. The summed E-state index contributed by atoms with van der Waals surface area (Å²) in [5, 5.41) is 34.3. The van der Waals surface area contributed by atoms with E-state index in [-0.39, 0.29) is 54.0 Å². The van der Waals surface area contributed by atoms with E-state index in [9.17, 15) is 19.8 Å². The molecule has 2 atom stereocenters. The number of aliphatic hydroxyl groups excluding tert-OH is 1. The number of fused-ring (bicyclic) bond motifs is 1. The minimum absolute atomic E-state index is 0. The van der Waals surface area contributed by atoms with Crippen LogP contribution in [0.15, 0.2) is 54.6 Å². The number of carboxylic acid groups (broad SMARTS) is 1. The molecule has 1 amide bonds. The number of carboxylic acids is 1. The summed E-state index contributed by atoms with van der Waals surface area (Å²) >= 11 is 0. The Morgan fingerprint density at radius 2 is 1.78 bits per heavy atom. The molecule has 0 radical (unpaired) electrons. The smallest absolute Gasteiger partial charge is 0.550 e. The van der Waals surface area contributed by atoms with E-state index in [2.05, 4.69) is 41.5 Å². The van der Waals surface area contributed by atoms with Crippen LogP contribution >= 0.6 is 0 Å².